The van der Waals surface area contributed by atoms with Gasteiger partial charge in [0.25, 0.3) is 0 Å². The van der Waals surface area contributed by atoms with E-state index in [1.54, 1.807) is 17.4 Å². The molecule has 1 aromatic carbocycles. The molecule has 72 valence electrons. The Bertz CT molecular complexity index is 431. The summed E-state index contributed by atoms with van der Waals surface area (Å²) in [5.41, 5.74) is 0.773. The summed E-state index contributed by atoms with van der Waals surface area (Å²) < 4.78 is 13.3. The molecule has 0 atom stereocenters. The first kappa shape index (κ1) is 9.41. The van der Waals surface area contributed by atoms with Crippen LogP contribution >= 0.6 is 11.3 Å². The van der Waals surface area contributed by atoms with E-state index in [1.807, 2.05) is 12.1 Å². The zero-order valence-corrected chi connectivity index (χ0v) is 8.77. The van der Waals surface area contributed by atoms with Crippen molar-refractivity contribution in [3.8, 4) is 0 Å². The lowest BCUT2D eigenvalue weighted by Crippen LogP contribution is -1.88. The lowest BCUT2D eigenvalue weighted by atomic mass is 10.1. The average molecular weight is 206 g/mol. The van der Waals surface area contributed by atoms with E-state index in [4.69, 9.17) is 0 Å². The molecule has 0 saturated carbocycles. The maximum Gasteiger partial charge on any atom is 0.126 e. The van der Waals surface area contributed by atoms with Gasteiger partial charge in [-0.2, -0.15) is 0 Å². The Morgan fingerprint density at radius 1 is 1.14 bits per heavy atom. The second-order valence-electron chi connectivity index (χ2n) is 3.28. The van der Waals surface area contributed by atoms with E-state index in [2.05, 4.69) is 19.1 Å². The van der Waals surface area contributed by atoms with Gasteiger partial charge in [0.15, 0.2) is 0 Å². The molecular formula is C12H11FS. The summed E-state index contributed by atoms with van der Waals surface area (Å²) in [5, 5.41) is 0. The van der Waals surface area contributed by atoms with E-state index in [-0.39, 0.29) is 5.82 Å². The monoisotopic (exact) mass is 206 g/mol. The lowest BCUT2D eigenvalue weighted by molar-refractivity contribution is 0.614. The van der Waals surface area contributed by atoms with Crippen molar-refractivity contribution >= 4 is 11.3 Å². The number of thiophene rings is 1. The van der Waals surface area contributed by atoms with Crippen molar-refractivity contribution in [2.45, 2.75) is 13.3 Å². The first-order chi connectivity index (χ1) is 6.75. The summed E-state index contributed by atoms with van der Waals surface area (Å²) in [6.07, 6.45) is 0.700. The fourth-order valence-corrected chi connectivity index (χ4v) is 2.32. The van der Waals surface area contributed by atoms with Crippen LogP contribution in [0.25, 0.3) is 0 Å². The minimum Gasteiger partial charge on any atom is -0.207 e. The number of aryl methyl sites for hydroxylation is 1. The third-order valence-corrected chi connectivity index (χ3v) is 3.12. The summed E-state index contributed by atoms with van der Waals surface area (Å²) in [4.78, 5) is 2.49. The summed E-state index contributed by atoms with van der Waals surface area (Å²) in [6.45, 7) is 2.06. The van der Waals surface area contributed by atoms with Crippen LogP contribution in [0.3, 0.4) is 0 Å². The van der Waals surface area contributed by atoms with Gasteiger partial charge < -0.3 is 0 Å². The lowest BCUT2D eigenvalue weighted by Gasteiger charge is -1.99. The van der Waals surface area contributed by atoms with Gasteiger partial charge in [-0.1, -0.05) is 18.2 Å². The molecule has 0 aliphatic heterocycles. The van der Waals surface area contributed by atoms with Gasteiger partial charge >= 0.3 is 0 Å². The van der Waals surface area contributed by atoms with E-state index in [1.165, 1.54) is 15.8 Å². The topological polar surface area (TPSA) is 0 Å². The molecular weight excluding hydrogens is 195 g/mol. The van der Waals surface area contributed by atoms with Crippen LogP contribution in [0.15, 0.2) is 36.4 Å². The highest BCUT2D eigenvalue weighted by molar-refractivity contribution is 7.11. The predicted octanol–water partition coefficient (Wildman–Crippen LogP) is 3.79. The number of hydrogen-bond donors (Lipinski definition) is 0. The van der Waals surface area contributed by atoms with E-state index in [9.17, 15) is 4.39 Å². The van der Waals surface area contributed by atoms with Crippen LogP contribution in [0.5, 0.6) is 0 Å². The van der Waals surface area contributed by atoms with Crippen molar-refractivity contribution in [2.24, 2.45) is 0 Å². The maximum atomic E-state index is 13.3. The third-order valence-electron chi connectivity index (χ3n) is 2.12. The third kappa shape index (κ3) is 2.02. The van der Waals surface area contributed by atoms with Crippen LogP contribution < -0.4 is 0 Å². The SMILES string of the molecule is Cc1ccc(Cc2ccccc2F)s1. The quantitative estimate of drug-likeness (QED) is 0.701. The molecule has 0 radical (unpaired) electrons. The Hall–Kier alpha value is -1.15. The number of benzene rings is 1. The van der Waals surface area contributed by atoms with Gasteiger partial charge in [-0.05, 0) is 30.7 Å². The molecule has 0 saturated heterocycles. The molecule has 14 heavy (non-hydrogen) atoms. The molecule has 0 nitrogen and oxygen atoms in total. The Morgan fingerprint density at radius 3 is 2.57 bits per heavy atom. The largest absolute Gasteiger partial charge is 0.207 e. The van der Waals surface area contributed by atoms with Gasteiger partial charge in [-0.25, -0.2) is 4.39 Å². The van der Waals surface area contributed by atoms with Crippen molar-refractivity contribution in [1.82, 2.24) is 0 Å². The maximum absolute atomic E-state index is 13.3. The van der Waals surface area contributed by atoms with Crippen LogP contribution in [0.1, 0.15) is 15.3 Å². The molecule has 0 unspecified atom stereocenters. The number of halogens is 1. The fraction of sp³-hybridized carbons (Fsp3) is 0.167. The first-order valence-electron chi connectivity index (χ1n) is 4.54. The van der Waals surface area contributed by atoms with Crippen molar-refractivity contribution < 1.29 is 4.39 Å². The van der Waals surface area contributed by atoms with Crippen molar-refractivity contribution in [1.29, 1.82) is 0 Å². The summed E-state index contributed by atoms with van der Waals surface area (Å²) >= 11 is 1.72. The molecule has 0 fully saturated rings. The average Bonchev–Trinajstić information content (AvgIpc) is 2.56. The van der Waals surface area contributed by atoms with Crippen LogP contribution in [-0.2, 0) is 6.42 Å². The molecule has 0 amide bonds. The minimum absolute atomic E-state index is 0.112. The second-order valence-corrected chi connectivity index (χ2v) is 4.65. The molecule has 2 aromatic rings. The molecule has 0 bridgehead atoms. The Balaban J connectivity index is 2.23. The van der Waals surface area contributed by atoms with Crippen molar-refractivity contribution in [3.63, 3.8) is 0 Å². The van der Waals surface area contributed by atoms with Crippen molar-refractivity contribution in [3.05, 3.63) is 57.5 Å². The van der Waals surface area contributed by atoms with E-state index in [0.717, 1.165) is 5.56 Å². The van der Waals surface area contributed by atoms with Crippen LogP contribution in [-0.4, -0.2) is 0 Å². The van der Waals surface area contributed by atoms with E-state index >= 15 is 0 Å². The normalized spacial score (nSPS) is 10.4. The highest BCUT2D eigenvalue weighted by atomic mass is 32.1. The molecule has 0 N–H and O–H groups in total. The van der Waals surface area contributed by atoms with Gasteiger partial charge in [0.05, 0.1) is 0 Å². The standard InChI is InChI=1S/C12H11FS/c1-9-6-7-11(14-9)8-10-4-2-3-5-12(10)13/h2-7H,8H2,1H3. The molecule has 0 aliphatic rings. The predicted molar refractivity (Wildman–Crippen MR) is 58.3 cm³/mol. The Kier molecular flexibility index (Phi) is 2.64. The fourth-order valence-electron chi connectivity index (χ4n) is 1.41. The summed E-state index contributed by atoms with van der Waals surface area (Å²) in [5.74, 6) is -0.112. The smallest absolute Gasteiger partial charge is 0.126 e. The molecule has 0 aliphatic carbocycles. The van der Waals surface area contributed by atoms with Crippen LogP contribution in [0, 0.1) is 12.7 Å². The van der Waals surface area contributed by atoms with E-state index < -0.39 is 0 Å². The molecule has 1 aromatic heterocycles. The number of rotatable bonds is 2. The van der Waals surface area contributed by atoms with Gasteiger partial charge in [-0.3, -0.25) is 0 Å². The molecule has 2 rings (SSSR count). The summed E-state index contributed by atoms with van der Waals surface area (Å²) in [6, 6.07) is 11.1. The zero-order valence-electron chi connectivity index (χ0n) is 7.96. The Morgan fingerprint density at radius 2 is 1.93 bits per heavy atom. The van der Waals surface area contributed by atoms with E-state index in [0.29, 0.717) is 6.42 Å². The second kappa shape index (κ2) is 3.93. The van der Waals surface area contributed by atoms with Crippen LogP contribution in [0.4, 0.5) is 4.39 Å². The van der Waals surface area contributed by atoms with Gasteiger partial charge in [0.2, 0.25) is 0 Å². The van der Waals surface area contributed by atoms with Crippen LogP contribution in [0.2, 0.25) is 0 Å². The molecule has 1 heterocycles. The van der Waals surface area contributed by atoms with Gasteiger partial charge in [0.1, 0.15) is 5.82 Å². The Labute approximate surface area is 87.0 Å². The minimum atomic E-state index is -0.112. The molecule has 0 spiro atoms. The highest BCUT2D eigenvalue weighted by Gasteiger charge is 2.03. The molecule has 2 heteroatoms. The number of hydrogen-bond acceptors (Lipinski definition) is 1. The zero-order chi connectivity index (χ0) is 9.97. The van der Waals surface area contributed by atoms with Gasteiger partial charge in [-0.15, -0.1) is 11.3 Å². The first-order valence-corrected chi connectivity index (χ1v) is 5.36. The van der Waals surface area contributed by atoms with Crippen molar-refractivity contribution in [2.75, 3.05) is 0 Å². The highest BCUT2D eigenvalue weighted by Crippen LogP contribution is 2.20. The van der Waals surface area contributed by atoms with Gasteiger partial charge in [0, 0.05) is 16.2 Å². The summed E-state index contributed by atoms with van der Waals surface area (Å²) in [7, 11) is 0.